The zero-order valence-electron chi connectivity index (χ0n) is 11.0. The van der Waals surface area contributed by atoms with Crippen LogP contribution in [0.2, 0.25) is 0 Å². The molecule has 0 heterocycles. The molecule has 0 aliphatic heterocycles. The van der Waals surface area contributed by atoms with Gasteiger partial charge in [-0.15, -0.1) is 0 Å². The van der Waals surface area contributed by atoms with Crippen molar-refractivity contribution in [2.24, 2.45) is 0 Å². The summed E-state index contributed by atoms with van der Waals surface area (Å²) >= 11 is 0. The van der Waals surface area contributed by atoms with Crippen LogP contribution in [0, 0.1) is 0 Å². The van der Waals surface area contributed by atoms with Crippen molar-refractivity contribution in [3.8, 4) is 0 Å². The Hall–Kier alpha value is -0.363. The van der Waals surface area contributed by atoms with Crippen molar-refractivity contribution in [1.82, 2.24) is 0 Å². The van der Waals surface area contributed by atoms with E-state index in [1.165, 1.54) is 0 Å². The van der Waals surface area contributed by atoms with Gasteiger partial charge in [-0.05, 0) is 12.8 Å². The molecule has 16 heavy (non-hydrogen) atoms. The van der Waals surface area contributed by atoms with Crippen LogP contribution in [0.3, 0.4) is 0 Å². The summed E-state index contributed by atoms with van der Waals surface area (Å²) < 4.78 is 21.9. The lowest BCUT2D eigenvalue weighted by Crippen LogP contribution is -2.55. The smallest absolute Gasteiger partial charge is 0.494 e. The van der Waals surface area contributed by atoms with E-state index in [2.05, 4.69) is 13.8 Å². The monoisotopic (exact) mass is 248 g/mol. The molecular formula is C11H24O4Si. The predicted molar refractivity (Wildman–Crippen MR) is 66.0 cm³/mol. The van der Waals surface area contributed by atoms with E-state index in [0.717, 1.165) is 19.3 Å². The number of ether oxygens (including phenoxy) is 1. The Labute approximate surface area is 99.9 Å². The Morgan fingerprint density at radius 3 is 2.00 bits per heavy atom. The molecule has 1 atom stereocenters. The fourth-order valence-corrected chi connectivity index (χ4v) is 3.66. The largest absolute Gasteiger partial charge is 0.543 e. The fourth-order valence-electron chi connectivity index (χ4n) is 1.48. The van der Waals surface area contributed by atoms with E-state index >= 15 is 0 Å². The van der Waals surface area contributed by atoms with Gasteiger partial charge < -0.3 is 18.0 Å². The van der Waals surface area contributed by atoms with E-state index in [0.29, 0.717) is 0 Å². The molecule has 0 aromatic rings. The molecule has 0 amide bonds. The van der Waals surface area contributed by atoms with Gasteiger partial charge in [0, 0.05) is 21.3 Å². The molecule has 0 bridgehead atoms. The lowest BCUT2D eigenvalue weighted by atomic mass is 10.3. The Kier molecular flexibility index (Phi) is 8.55. The normalized spacial score (nSPS) is 14.3. The molecule has 0 fully saturated rings. The van der Waals surface area contributed by atoms with Crippen LogP contribution in [0.5, 0.6) is 0 Å². The third kappa shape index (κ3) is 4.25. The summed E-state index contributed by atoms with van der Waals surface area (Å²) in [4.78, 5) is 0. The highest BCUT2D eigenvalue weighted by molar-refractivity contribution is 6.62. The van der Waals surface area contributed by atoms with Crippen LogP contribution in [0.15, 0.2) is 12.3 Å². The molecule has 4 nitrogen and oxygen atoms in total. The molecule has 0 radical (unpaired) electrons. The van der Waals surface area contributed by atoms with Crippen LogP contribution >= 0.6 is 0 Å². The molecule has 0 N–H and O–H groups in total. The van der Waals surface area contributed by atoms with E-state index in [-0.39, 0.29) is 5.73 Å². The highest BCUT2D eigenvalue weighted by Gasteiger charge is 2.48. The molecule has 96 valence electrons. The maximum atomic E-state index is 5.67. The molecule has 0 aliphatic carbocycles. The summed E-state index contributed by atoms with van der Waals surface area (Å²) in [7, 11) is 2.13. The van der Waals surface area contributed by atoms with Crippen molar-refractivity contribution in [2.75, 3.05) is 21.3 Å². The van der Waals surface area contributed by atoms with Crippen molar-refractivity contribution < 1.29 is 18.0 Å². The second kappa shape index (κ2) is 8.75. The van der Waals surface area contributed by atoms with Crippen LogP contribution in [0.1, 0.15) is 33.1 Å². The van der Waals surface area contributed by atoms with Gasteiger partial charge in [-0.1, -0.05) is 26.3 Å². The molecule has 0 spiro atoms. The third-order valence-corrected chi connectivity index (χ3v) is 5.29. The minimum absolute atomic E-state index is 0.139. The molecule has 1 unspecified atom stereocenters. The van der Waals surface area contributed by atoms with E-state index in [1.54, 1.807) is 27.6 Å². The Morgan fingerprint density at radius 2 is 1.62 bits per heavy atom. The summed E-state index contributed by atoms with van der Waals surface area (Å²) in [6.07, 6.45) is 6.47. The first-order valence-corrected chi connectivity index (χ1v) is 7.46. The Balaban J connectivity index is 4.62. The summed E-state index contributed by atoms with van der Waals surface area (Å²) in [5, 5.41) is 0. The Morgan fingerprint density at radius 1 is 1.06 bits per heavy atom. The van der Waals surface area contributed by atoms with Crippen molar-refractivity contribution in [3.63, 3.8) is 0 Å². The summed E-state index contributed by atoms with van der Waals surface area (Å²) in [5.41, 5.74) is -0.139. The standard InChI is InChI=1S/C11H24O4Si/c1-6-8-10-15-11(9-7-2)16(12-3,13-4)14-5/h8,10-11H,6-7,9H2,1-5H3. The molecule has 0 rings (SSSR count). The first kappa shape index (κ1) is 15.6. The van der Waals surface area contributed by atoms with E-state index in [1.807, 2.05) is 6.08 Å². The second-order valence-electron chi connectivity index (χ2n) is 3.41. The topological polar surface area (TPSA) is 36.9 Å². The van der Waals surface area contributed by atoms with Gasteiger partial charge in [0.05, 0.1) is 6.26 Å². The van der Waals surface area contributed by atoms with Gasteiger partial charge >= 0.3 is 8.80 Å². The summed E-state index contributed by atoms with van der Waals surface area (Å²) in [6.45, 7) is 4.16. The number of hydrogen-bond acceptors (Lipinski definition) is 4. The molecule has 0 aliphatic rings. The van der Waals surface area contributed by atoms with Crippen LogP contribution in [-0.4, -0.2) is 35.9 Å². The maximum absolute atomic E-state index is 5.67. The fraction of sp³-hybridized carbons (Fsp3) is 0.818. The van der Waals surface area contributed by atoms with Crippen LogP contribution in [0.4, 0.5) is 0 Å². The maximum Gasteiger partial charge on any atom is 0.543 e. The van der Waals surface area contributed by atoms with Gasteiger partial charge in [-0.3, -0.25) is 0 Å². The molecule has 0 aromatic heterocycles. The second-order valence-corrected chi connectivity index (χ2v) is 6.49. The summed E-state index contributed by atoms with van der Waals surface area (Å²) in [6, 6.07) is 0. The van der Waals surface area contributed by atoms with E-state index < -0.39 is 8.80 Å². The minimum Gasteiger partial charge on any atom is -0.494 e. The van der Waals surface area contributed by atoms with Gasteiger partial charge in [0.2, 0.25) is 0 Å². The van der Waals surface area contributed by atoms with E-state index in [4.69, 9.17) is 18.0 Å². The highest BCUT2D eigenvalue weighted by Crippen LogP contribution is 2.19. The van der Waals surface area contributed by atoms with Crippen LogP contribution in [0.25, 0.3) is 0 Å². The third-order valence-electron chi connectivity index (χ3n) is 2.37. The molecular weight excluding hydrogens is 224 g/mol. The SMILES string of the molecule is CCC=COC(CCC)[Si](OC)(OC)OC. The summed E-state index contributed by atoms with van der Waals surface area (Å²) in [5.74, 6) is 0. The van der Waals surface area contributed by atoms with Gasteiger partial charge in [0.1, 0.15) is 0 Å². The van der Waals surface area contributed by atoms with Crippen molar-refractivity contribution >= 4 is 8.80 Å². The first-order chi connectivity index (χ1) is 7.70. The average Bonchev–Trinajstić information content (AvgIpc) is 2.32. The number of rotatable bonds is 9. The number of allylic oxidation sites excluding steroid dienone is 1. The average molecular weight is 248 g/mol. The predicted octanol–water partition coefficient (Wildman–Crippen LogP) is 2.51. The lowest BCUT2D eigenvalue weighted by Gasteiger charge is -2.31. The van der Waals surface area contributed by atoms with Crippen molar-refractivity contribution in [1.29, 1.82) is 0 Å². The quantitative estimate of drug-likeness (QED) is 0.464. The molecule has 0 aromatic carbocycles. The molecule has 5 heteroatoms. The first-order valence-electron chi connectivity index (χ1n) is 5.66. The lowest BCUT2D eigenvalue weighted by molar-refractivity contribution is 0.0473. The van der Waals surface area contributed by atoms with Crippen LogP contribution in [-0.2, 0) is 18.0 Å². The Bertz CT molecular complexity index is 184. The van der Waals surface area contributed by atoms with Gasteiger partial charge in [0.25, 0.3) is 0 Å². The van der Waals surface area contributed by atoms with Gasteiger partial charge in [-0.2, -0.15) is 0 Å². The van der Waals surface area contributed by atoms with Crippen molar-refractivity contribution in [2.45, 2.75) is 38.8 Å². The molecule has 0 saturated carbocycles. The number of hydrogen-bond donors (Lipinski definition) is 0. The molecule has 0 saturated heterocycles. The van der Waals surface area contributed by atoms with E-state index in [9.17, 15) is 0 Å². The minimum atomic E-state index is -2.69. The van der Waals surface area contributed by atoms with Crippen LogP contribution < -0.4 is 0 Å². The van der Waals surface area contributed by atoms with Gasteiger partial charge in [0.15, 0.2) is 5.73 Å². The van der Waals surface area contributed by atoms with Gasteiger partial charge in [-0.25, -0.2) is 0 Å². The van der Waals surface area contributed by atoms with Crippen molar-refractivity contribution in [3.05, 3.63) is 12.3 Å². The highest BCUT2D eigenvalue weighted by atomic mass is 28.4. The zero-order chi connectivity index (χ0) is 12.4. The zero-order valence-corrected chi connectivity index (χ0v) is 12.0.